The normalized spacial score (nSPS) is 13.4. The highest BCUT2D eigenvalue weighted by Gasteiger charge is 2.35. The SMILES string of the molecule is COc1cc(C=NN2C(=O)c3ccccc3C2=O)cc([N+](=O)[O-])c1[O-]. The molecule has 1 aliphatic heterocycles. The van der Waals surface area contributed by atoms with Gasteiger partial charge < -0.3 is 9.84 Å². The molecule has 2 amide bonds. The van der Waals surface area contributed by atoms with Crippen molar-refractivity contribution in [3.63, 3.8) is 0 Å². The molecule has 0 aliphatic carbocycles. The quantitative estimate of drug-likeness (QED) is 0.357. The molecule has 0 N–H and O–H groups in total. The van der Waals surface area contributed by atoms with Crippen LogP contribution in [0, 0.1) is 10.1 Å². The fraction of sp³-hybridized carbons (Fsp3) is 0.0625. The van der Waals surface area contributed by atoms with Gasteiger partial charge in [0.1, 0.15) is 5.75 Å². The van der Waals surface area contributed by atoms with Crippen molar-refractivity contribution >= 4 is 23.7 Å². The minimum absolute atomic E-state index is 0.139. The number of ether oxygens (including phenoxy) is 1. The number of rotatable bonds is 4. The second-order valence-corrected chi connectivity index (χ2v) is 5.04. The zero-order chi connectivity index (χ0) is 18.1. The average molecular weight is 340 g/mol. The summed E-state index contributed by atoms with van der Waals surface area (Å²) in [5, 5.41) is 27.2. The number of hydrazone groups is 1. The largest absolute Gasteiger partial charge is 0.865 e. The summed E-state index contributed by atoms with van der Waals surface area (Å²) in [6, 6.07) is 8.48. The number of methoxy groups -OCH3 is 1. The number of hydrogen-bond donors (Lipinski definition) is 0. The van der Waals surface area contributed by atoms with Gasteiger partial charge in [-0.1, -0.05) is 12.1 Å². The molecule has 0 spiro atoms. The Morgan fingerprint density at radius 2 is 1.76 bits per heavy atom. The monoisotopic (exact) mass is 340 g/mol. The molecular weight excluding hydrogens is 330 g/mol. The molecule has 1 heterocycles. The van der Waals surface area contributed by atoms with Crippen molar-refractivity contribution in [1.29, 1.82) is 0 Å². The number of carbonyl (C=O) groups is 2. The Kier molecular flexibility index (Phi) is 3.89. The van der Waals surface area contributed by atoms with Gasteiger partial charge in [0.15, 0.2) is 0 Å². The molecule has 0 bridgehead atoms. The zero-order valence-electron chi connectivity index (χ0n) is 12.8. The average Bonchev–Trinajstić information content (AvgIpc) is 2.85. The lowest BCUT2D eigenvalue weighted by atomic mass is 10.1. The highest BCUT2D eigenvalue weighted by Crippen LogP contribution is 2.34. The van der Waals surface area contributed by atoms with E-state index in [2.05, 4.69) is 5.10 Å². The summed E-state index contributed by atoms with van der Waals surface area (Å²) in [6.07, 6.45) is 1.08. The van der Waals surface area contributed by atoms with E-state index in [0.717, 1.165) is 12.3 Å². The van der Waals surface area contributed by atoms with Crippen molar-refractivity contribution in [3.05, 3.63) is 63.2 Å². The van der Waals surface area contributed by atoms with Crippen LogP contribution in [0.3, 0.4) is 0 Å². The van der Waals surface area contributed by atoms with E-state index in [0.29, 0.717) is 5.01 Å². The van der Waals surface area contributed by atoms with E-state index in [1.807, 2.05) is 0 Å². The molecule has 0 saturated carbocycles. The summed E-state index contributed by atoms with van der Waals surface area (Å²) in [7, 11) is 1.20. The lowest BCUT2D eigenvalue weighted by Gasteiger charge is -2.13. The van der Waals surface area contributed by atoms with Gasteiger partial charge in [-0.15, -0.1) is 0 Å². The Balaban J connectivity index is 1.96. The second-order valence-electron chi connectivity index (χ2n) is 5.04. The number of hydrogen-bond acceptors (Lipinski definition) is 7. The number of fused-ring (bicyclic) bond motifs is 1. The van der Waals surface area contributed by atoms with Gasteiger partial charge in [-0.2, -0.15) is 10.1 Å². The van der Waals surface area contributed by atoms with Crippen molar-refractivity contribution in [2.24, 2.45) is 5.10 Å². The third-order valence-corrected chi connectivity index (χ3v) is 3.57. The number of benzene rings is 2. The van der Waals surface area contributed by atoms with Gasteiger partial charge in [0.25, 0.3) is 17.5 Å². The predicted octanol–water partition coefficient (Wildman–Crippen LogP) is 1.31. The summed E-state index contributed by atoms with van der Waals surface area (Å²) in [5.74, 6) is -2.30. The van der Waals surface area contributed by atoms with Crippen molar-refractivity contribution in [3.8, 4) is 11.5 Å². The van der Waals surface area contributed by atoms with Crippen LogP contribution in [-0.4, -0.2) is 35.1 Å². The Morgan fingerprint density at radius 1 is 1.16 bits per heavy atom. The molecule has 0 radical (unpaired) electrons. The number of nitro groups is 1. The minimum Gasteiger partial charge on any atom is -0.865 e. The summed E-state index contributed by atoms with van der Waals surface area (Å²) in [4.78, 5) is 34.5. The standard InChI is InChI=1S/C16H11N3O6/c1-25-13-7-9(6-12(14(13)20)19(23)24)8-17-18-15(21)10-4-2-3-5-11(10)16(18)22/h2-8,20H,1H3/p-1. The number of carbonyl (C=O) groups excluding carboxylic acids is 2. The molecule has 0 aromatic heterocycles. The number of imide groups is 1. The molecule has 0 unspecified atom stereocenters. The molecule has 0 fully saturated rings. The van der Waals surface area contributed by atoms with Crippen LogP contribution in [0.4, 0.5) is 5.69 Å². The Morgan fingerprint density at radius 3 is 2.28 bits per heavy atom. The van der Waals surface area contributed by atoms with E-state index < -0.39 is 28.2 Å². The van der Waals surface area contributed by atoms with E-state index in [1.54, 1.807) is 12.1 Å². The van der Waals surface area contributed by atoms with Crippen molar-refractivity contribution in [1.82, 2.24) is 5.01 Å². The fourth-order valence-electron chi connectivity index (χ4n) is 2.38. The molecule has 1 aliphatic rings. The van der Waals surface area contributed by atoms with Crippen molar-refractivity contribution in [2.45, 2.75) is 0 Å². The lowest BCUT2D eigenvalue weighted by molar-refractivity contribution is -0.398. The zero-order valence-corrected chi connectivity index (χ0v) is 12.8. The van der Waals surface area contributed by atoms with E-state index in [9.17, 15) is 24.8 Å². The van der Waals surface area contributed by atoms with Crippen molar-refractivity contribution < 1.29 is 24.4 Å². The fourth-order valence-corrected chi connectivity index (χ4v) is 2.38. The third kappa shape index (κ3) is 2.67. The highest BCUT2D eigenvalue weighted by atomic mass is 16.6. The van der Waals surface area contributed by atoms with Gasteiger partial charge in [0.2, 0.25) is 0 Å². The molecule has 2 aromatic carbocycles. The first-order chi connectivity index (χ1) is 11.9. The van der Waals surface area contributed by atoms with Gasteiger partial charge >= 0.3 is 0 Å². The molecule has 126 valence electrons. The summed E-state index contributed by atoms with van der Waals surface area (Å²) < 4.78 is 4.82. The summed E-state index contributed by atoms with van der Waals surface area (Å²) >= 11 is 0. The van der Waals surface area contributed by atoms with Crippen LogP contribution in [0.1, 0.15) is 26.3 Å². The maximum atomic E-state index is 12.2. The smallest absolute Gasteiger partial charge is 0.282 e. The first kappa shape index (κ1) is 16.1. The van der Waals surface area contributed by atoms with Gasteiger partial charge in [-0.05, 0) is 18.2 Å². The van der Waals surface area contributed by atoms with Crippen LogP contribution in [-0.2, 0) is 0 Å². The molecule has 9 nitrogen and oxygen atoms in total. The predicted molar refractivity (Wildman–Crippen MR) is 83.6 cm³/mol. The molecule has 0 atom stereocenters. The maximum Gasteiger partial charge on any atom is 0.282 e. The third-order valence-electron chi connectivity index (χ3n) is 3.57. The van der Waals surface area contributed by atoms with Crippen LogP contribution in [0.5, 0.6) is 11.5 Å². The van der Waals surface area contributed by atoms with Crippen LogP contribution in [0.2, 0.25) is 0 Å². The number of nitrogens with zero attached hydrogens (tertiary/aromatic N) is 3. The molecular formula is C16H10N3O6-. The van der Waals surface area contributed by atoms with Crippen molar-refractivity contribution in [2.75, 3.05) is 7.11 Å². The van der Waals surface area contributed by atoms with Crippen LogP contribution >= 0.6 is 0 Å². The number of nitro benzene ring substituents is 1. The Bertz CT molecular complexity index is 902. The highest BCUT2D eigenvalue weighted by molar-refractivity contribution is 6.21. The molecule has 25 heavy (non-hydrogen) atoms. The topological polar surface area (TPSA) is 125 Å². The first-order valence-electron chi connectivity index (χ1n) is 6.99. The van der Waals surface area contributed by atoms with Crippen LogP contribution < -0.4 is 9.84 Å². The second kappa shape index (κ2) is 6.04. The van der Waals surface area contributed by atoms with E-state index in [4.69, 9.17) is 4.74 Å². The Hall–Kier alpha value is -3.75. The minimum atomic E-state index is -0.870. The van der Waals surface area contributed by atoms with E-state index in [1.165, 1.54) is 25.3 Å². The molecule has 2 aromatic rings. The molecule has 9 heteroatoms. The number of amides is 2. The first-order valence-corrected chi connectivity index (χ1v) is 6.99. The molecule has 3 rings (SSSR count). The van der Waals surface area contributed by atoms with Gasteiger partial charge in [-0.3, -0.25) is 19.7 Å². The summed E-state index contributed by atoms with van der Waals surface area (Å²) in [6.45, 7) is 0. The maximum absolute atomic E-state index is 12.2. The van der Waals surface area contributed by atoms with Gasteiger partial charge in [-0.25, -0.2) is 0 Å². The van der Waals surface area contributed by atoms with Gasteiger partial charge in [0, 0.05) is 17.4 Å². The summed E-state index contributed by atoms with van der Waals surface area (Å²) in [5.41, 5.74) is -0.103. The van der Waals surface area contributed by atoms with Gasteiger partial charge in [0.05, 0.1) is 29.4 Å². The lowest BCUT2D eigenvalue weighted by Crippen LogP contribution is -2.24. The Labute approximate surface area is 140 Å². The van der Waals surface area contributed by atoms with E-state index in [-0.39, 0.29) is 22.4 Å². The van der Waals surface area contributed by atoms with E-state index >= 15 is 0 Å². The molecule has 0 saturated heterocycles. The van der Waals surface area contributed by atoms with Crippen LogP contribution in [0.25, 0.3) is 0 Å². The van der Waals surface area contributed by atoms with Crippen LogP contribution in [0.15, 0.2) is 41.5 Å².